The molecule has 0 aromatic rings. The molecule has 6 heteroatoms. The van der Waals surface area contributed by atoms with Crippen LogP contribution in [0.2, 0.25) is 0 Å². The zero-order valence-corrected chi connectivity index (χ0v) is 28.1. The van der Waals surface area contributed by atoms with E-state index >= 15 is 0 Å². The average molecular weight is 541 g/mol. The van der Waals surface area contributed by atoms with Gasteiger partial charge < -0.3 is 19.3 Å². The maximum atomic E-state index is 12.9. The SMILES string of the molecule is CCN(C)C(=O)C(C)(C)C(C)(C)CCOC(C)(C)COC(C)CC(C)(C)C(C)(C)CN(C)C(=O)CC(C)C. The molecule has 6 nitrogen and oxygen atoms in total. The molecule has 226 valence electrons. The molecule has 0 saturated carbocycles. The number of carbonyl (C=O) groups is 2. The van der Waals surface area contributed by atoms with Crippen molar-refractivity contribution in [2.45, 2.75) is 128 Å². The lowest BCUT2D eigenvalue weighted by Crippen LogP contribution is -2.47. The van der Waals surface area contributed by atoms with Crippen LogP contribution in [0.4, 0.5) is 0 Å². The van der Waals surface area contributed by atoms with E-state index in [1.54, 1.807) is 4.90 Å². The van der Waals surface area contributed by atoms with Crippen LogP contribution in [0.1, 0.15) is 116 Å². The lowest BCUT2D eigenvalue weighted by Gasteiger charge is -2.45. The van der Waals surface area contributed by atoms with Crippen LogP contribution in [0.5, 0.6) is 0 Å². The second-order valence-electron chi connectivity index (χ2n) is 15.1. The zero-order chi connectivity index (χ0) is 30.3. The summed E-state index contributed by atoms with van der Waals surface area (Å²) in [6.45, 7) is 32.4. The molecule has 0 aliphatic carbocycles. The third-order valence-corrected chi connectivity index (χ3v) is 9.25. The Morgan fingerprint density at radius 1 is 0.789 bits per heavy atom. The predicted molar refractivity (Wildman–Crippen MR) is 160 cm³/mol. The maximum absolute atomic E-state index is 12.9. The van der Waals surface area contributed by atoms with Crippen LogP contribution >= 0.6 is 0 Å². The monoisotopic (exact) mass is 540 g/mol. The predicted octanol–water partition coefficient (Wildman–Crippen LogP) is 7.05. The molecule has 0 fully saturated rings. The Hall–Kier alpha value is -1.14. The van der Waals surface area contributed by atoms with Crippen LogP contribution in [0.25, 0.3) is 0 Å². The third kappa shape index (κ3) is 10.8. The van der Waals surface area contributed by atoms with E-state index in [2.05, 4.69) is 76.2 Å². The van der Waals surface area contributed by atoms with E-state index in [0.717, 1.165) is 19.4 Å². The molecule has 0 N–H and O–H groups in total. The summed E-state index contributed by atoms with van der Waals surface area (Å²) in [5, 5.41) is 0. The van der Waals surface area contributed by atoms with Crippen molar-refractivity contribution in [3.63, 3.8) is 0 Å². The number of carbonyl (C=O) groups excluding carboxylic acids is 2. The van der Waals surface area contributed by atoms with Crippen LogP contribution in [0, 0.1) is 27.6 Å². The van der Waals surface area contributed by atoms with Gasteiger partial charge in [-0.1, -0.05) is 69.2 Å². The number of ether oxygens (including phenoxy) is 2. The quantitative estimate of drug-likeness (QED) is 0.198. The van der Waals surface area contributed by atoms with Gasteiger partial charge in [0.05, 0.1) is 18.3 Å². The molecule has 0 aliphatic rings. The number of rotatable bonds is 17. The molecule has 0 saturated heterocycles. The van der Waals surface area contributed by atoms with Gasteiger partial charge in [0.25, 0.3) is 0 Å². The topological polar surface area (TPSA) is 59.1 Å². The van der Waals surface area contributed by atoms with Gasteiger partial charge in [0.1, 0.15) is 0 Å². The molecule has 1 atom stereocenters. The smallest absolute Gasteiger partial charge is 0.228 e. The minimum atomic E-state index is -0.484. The summed E-state index contributed by atoms with van der Waals surface area (Å²) in [6.07, 6.45) is 2.31. The van der Waals surface area contributed by atoms with Crippen molar-refractivity contribution in [3.8, 4) is 0 Å². The first-order valence-electron chi connectivity index (χ1n) is 14.7. The van der Waals surface area contributed by atoms with Crippen molar-refractivity contribution in [2.24, 2.45) is 27.6 Å². The molecule has 0 bridgehead atoms. The van der Waals surface area contributed by atoms with Crippen molar-refractivity contribution >= 4 is 11.8 Å². The fraction of sp³-hybridized carbons (Fsp3) is 0.938. The fourth-order valence-corrected chi connectivity index (χ4v) is 4.64. The maximum Gasteiger partial charge on any atom is 0.228 e. The first-order chi connectivity index (χ1) is 16.9. The lowest BCUT2D eigenvalue weighted by atomic mass is 9.65. The highest BCUT2D eigenvalue weighted by Gasteiger charge is 2.44. The van der Waals surface area contributed by atoms with Crippen molar-refractivity contribution in [1.82, 2.24) is 9.80 Å². The minimum absolute atomic E-state index is 0.0302. The van der Waals surface area contributed by atoms with Gasteiger partial charge in [0.2, 0.25) is 11.8 Å². The molecule has 0 rings (SSSR count). The summed E-state index contributed by atoms with van der Waals surface area (Å²) in [7, 11) is 3.79. The molecule has 0 spiro atoms. The van der Waals surface area contributed by atoms with Crippen molar-refractivity contribution in [2.75, 3.05) is 40.4 Å². The minimum Gasteiger partial charge on any atom is -0.376 e. The molecule has 0 aromatic carbocycles. The second-order valence-corrected chi connectivity index (χ2v) is 15.1. The highest BCUT2D eigenvalue weighted by Crippen LogP contribution is 2.44. The van der Waals surface area contributed by atoms with Gasteiger partial charge in [0.15, 0.2) is 0 Å². The van der Waals surface area contributed by atoms with Gasteiger partial charge in [-0.05, 0) is 62.7 Å². The Bertz CT molecular complexity index is 753. The van der Waals surface area contributed by atoms with E-state index < -0.39 is 11.0 Å². The van der Waals surface area contributed by atoms with Crippen LogP contribution in [-0.2, 0) is 19.1 Å². The summed E-state index contributed by atoms with van der Waals surface area (Å²) in [5.41, 5.74) is -1.22. The highest BCUT2D eigenvalue weighted by atomic mass is 16.5. The summed E-state index contributed by atoms with van der Waals surface area (Å²) in [6, 6.07) is 0. The molecule has 2 amide bonds. The van der Waals surface area contributed by atoms with Crippen LogP contribution in [-0.4, -0.2) is 73.7 Å². The summed E-state index contributed by atoms with van der Waals surface area (Å²) in [5.74, 6) is 0.741. The van der Waals surface area contributed by atoms with Gasteiger partial charge in [-0.3, -0.25) is 9.59 Å². The second kappa shape index (κ2) is 14.0. The van der Waals surface area contributed by atoms with Crippen molar-refractivity contribution in [1.29, 1.82) is 0 Å². The first-order valence-corrected chi connectivity index (χ1v) is 14.7. The lowest BCUT2D eigenvalue weighted by molar-refractivity contribution is -0.148. The van der Waals surface area contributed by atoms with Crippen LogP contribution < -0.4 is 0 Å². The molecule has 38 heavy (non-hydrogen) atoms. The van der Waals surface area contributed by atoms with Gasteiger partial charge in [-0.2, -0.15) is 0 Å². The number of amides is 2. The first kappa shape index (κ1) is 36.9. The standard InChI is InChI=1S/C32H64N2O4/c1-17-33(15)27(36)32(13,14)28(5,6)18-19-38-31(11,12)23-37-25(4)21-29(7,8)30(9,10)22-34(16)26(35)20-24(2)3/h24-25H,17-23H2,1-16H3. The molecule has 0 heterocycles. The van der Waals surface area contributed by atoms with Crippen LogP contribution in [0.15, 0.2) is 0 Å². The summed E-state index contributed by atoms with van der Waals surface area (Å²) >= 11 is 0. The van der Waals surface area contributed by atoms with E-state index in [-0.39, 0.29) is 34.2 Å². The van der Waals surface area contributed by atoms with Gasteiger partial charge in [-0.15, -0.1) is 0 Å². The van der Waals surface area contributed by atoms with E-state index in [1.807, 2.05) is 39.8 Å². The molecule has 0 aromatic heterocycles. The molecular weight excluding hydrogens is 476 g/mol. The molecule has 0 radical (unpaired) electrons. The number of hydrogen-bond acceptors (Lipinski definition) is 4. The Morgan fingerprint density at radius 3 is 1.79 bits per heavy atom. The number of hydrogen-bond donors (Lipinski definition) is 0. The Kier molecular flexibility index (Phi) is 13.5. The summed E-state index contributed by atoms with van der Waals surface area (Å²) < 4.78 is 12.6. The van der Waals surface area contributed by atoms with Crippen molar-refractivity contribution < 1.29 is 19.1 Å². The van der Waals surface area contributed by atoms with E-state index in [9.17, 15) is 9.59 Å². The Labute approximate surface area is 236 Å². The van der Waals surface area contributed by atoms with E-state index in [1.165, 1.54) is 0 Å². The normalized spacial score (nSPS) is 14.6. The number of nitrogens with zero attached hydrogens (tertiary/aromatic N) is 2. The average Bonchev–Trinajstić information content (AvgIpc) is 2.75. The van der Waals surface area contributed by atoms with Gasteiger partial charge >= 0.3 is 0 Å². The Balaban J connectivity index is 4.95. The van der Waals surface area contributed by atoms with E-state index in [0.29, 0.717) is 32.1 Å². The Morgan fingerprint density at radius 2 is 1.32 bits per heavy atom. The zero-order valence-electron chi connectivity index (χ0n) is 28.1. The highest BCUT2D eigenvalue weighted by molar-refractivity contribution is 5.82. The fourth-order valence-electron chi connectivity index (χ4n) is 4.64. The van der Waals surface area contributed by atoms with Crippen molar-refractivity contribution in [3.05, 3.63) is 0 Å². The molecular formula is C32H64N2O4. The van der Waals surface area contributed by atoms with Crippen LogP contribution in [0.3, 0.4) is 0 Å². The summed E-state index contributed by atoms with van der Waals surface area (Å²) in [4.78, 5) is 29.2. The largest absolute Gasteiger partial charge is 0.376 e. The van der Waals surface area contributed by atoms with Gasteiger partial charge in [-0.25, -0.2) is 0 Å². The van der Waals surface area contributed by atoms with Gasteiger partial charge in [0, 0.05) is 45.6 Å². The molecule has 1 unspecified atom stereocenters. The molecule has 0 aliphatic heterocycles. The van der Waals surface area contributed by atoms with E-state index in [4.69, 9.17) is 9.47 Å². The third-order valence-electron chi connectivity index (χ3n) is 9.25.